The Hall–Kier alpha value is -1.81. The van der Waals surface area contributed by atoms with E-state index in [2.05, 4.69) is 20.6 Å². The number of aromatic nitrogens is 1. The van der Waals surface area contributed by atoms with Gasteiger partial charge in [0.15, 0.2) is 5.96 Å². The molecule has 2 aromatic heterocycles. The van der Waals surface area contributed by atoms with Crippen molar-refractivity contribution in [2.24, 2.45) is 4.99 Å². The molecule has 0 amide bonds. The van der Waals surface area contributed by atoms with Gasteiger partial charge in [0, 0.05) is 26.8 Å². The molecule has 0 aliphatic heterocycles. The third kappa shape index (κ3) is 7.02. The van der Waals surface area contributed by atoms with Gasteiger partial charge < -0.3 is 25.1 Å². The highest BCUT2D eigenvalue weighted by Crippen LogP contribution is 2.21. The van der Waals surface area contributed by atoms with Crippen molar-refractivity contribution in [3.63, 3.8) is 0 Å². The van der Waals surface area contributed by atoms with Crippen LogP contribution in [-0.4, -0.2) is 43.2 Å². The van der Waals surface area contributed by atoms with Crippen LogP contribution in [-0.2, 0) is 12.1 Å². The van der Waals surface area contributed by atoms with E-state index in [1.807, 2.05) is 51.0 Å². The van der Waals surface area contributed by atoms with Gasteiger partial charge in [-0.05, 0) is 50.6 Å². The Kier molecular flexibility index (Phi) is 9.04. The highest BCUT2D eigenvalue weighted by Gasteiger charge is 2.27. The van der Waals surface area contributed by atoms with Gasteiger partial charge in [0.1, 0.15) is 22.9 Å². The van der Waals surface area contributed by atoms with Gasteiger partial charge in [-0.1, -0.05) is 0 Å². The molecular weight excluding hydrogens is 457 g/mol. The number of hydrogen-bond donors (Lipinski definition) is 3. The fraction of sp³-hybridized carbons (Fsp3) is 0.474. The lowest BCUT2D eigenvalue weighted by molar-refractivity contribution is 0.0378. The molecule has 1 atom stereocenters. The number of aliphatic imine (C=N–C) groups is 1. The molecule has 8 heteroatoms. The van der Waals surface area contributed by atoms with E-state index in [0.717, 1.165) is 23.7 Å². The second kappa shape index (κ2) is 10.5. The van der Waals surface area contributed by atoms with E-state index < -0.39 is 5.60 Å². The van der Waals surface area contributed by atoms with Crippen molar-refractivity contribution in [1.29, 1.82) is 0 Å². The molecule has 0 spiro atoms. The zero-order chi connectivity index (χ0) is 19.2. The highest BCUT2D eigenvalue weighted by atomic mass is 127. The maximum Gasteiger partial charge on any atom is 0.191 e. The van der Waals surface area contributed by atoms with E-state index in [0.29, 0.717) is 18.3 Å². The lowest BCUT2D eigenvalue weighted by Gasteiger charge is -2.23. The summed E-state index contributed by atoms with van der Waals surface area (Å²) in [5.41, 5.74) is -0.0616. The molecule has 3 N–H and O–H groups in total. The SMILES string of the molecule is CCNC(=NCc1ccnc(N(C)C)c1)NCC(C)(O)c1ccc(C)o1.I. The molecule has 0 saturated heterocycles. The van der Waals surface area contributed by atoms with Gasteiger partial charge >= 0.3 is 0 Å². The molecule has 2 heterocycles. The van der Waals surface area contributed by atoms with Gasteiger partial charge in [0.05, 0.1) is 13.1 Å². The number of nitrogens with one attached hydrogen (secondary N) is 2. The first-order valence-electron chi connectivity index (χ1n) is 8.75. The van der Waals surface area contributed by atoms with E-state index >= 15 is 0 Å². The Balaban J connectivity index is 0.00000364. The maximum absolute atomic E-state index is 10.6. The Morgan fingerprint density at radius 1 is 1.30 bits per heavy atom. The number of halogens is 1. The lowest BCUT2D eigenvalue weighted by Crippen LogP contribution is -2.44. The lowest BCUT2D eigenvalue weighted by atomic mass is 10.0. The quantitative estimate of drug-likeness (QED) is 0.317. The number of anilines is 1. The van der Waals surface area contributed by atoms with Crippen LogP contribution in [0.3, 0.4) is 0 Å². The molecule has 0 fully saturated rings. The smallest absolute Gasteiger partial charge is 0.191 e. The average molecular weight is 487 g/mol. The number of rotatable bonds is 7. The highest BCUT2D eigenvalue weighted by molar-refractivity contribution is 14.0. The van der Waals surface area contributed by atoms with Crippen LogP contribution in [0.2, 0.25) is 0 Å². The normalized spacial score (nSPS) is 13.5. The number of nitrogens with zero attached hydrogens (tertiary/aromatic N) is 3. The van der Waals surface area contributed by atoms with Crippen molar-refractivity contribution in [1.82, 2.24) is 15.6 Å². The number of hydrogen-bond acceptors (Lipinski definition) is 5. The maximum atomic E-state index is 10.6. The summed E-state index contributed by atoms with van der Waals surface area (Å²) in [5.74, 6) is 2.84. The van der Waals surface area contributed by atoms with Gasteiger partial charge in [0.25, 0.3) is 0 Å². The van der Waals surface area contributed by atoms with Crippen molar-refractivity contribution in [2.75, 3.05) is 32.1 Å². The summed E-state index contributed by atoms with van der Waals surface area (Å²) in [5, 5.41) is 17.0. The molecule has 0 radical (unpaired) electrons. The van der Waals surface area contributed by atoms with Crippen molar-refractivity contribution in [3.05, 3.63) is 47.5 Å². The number of furan rings is 1. The van der Waals surface area contributed by atoms with Crippen molar-refractivity contribution in [2.45, 2.75) is 32.9 Å². The third-order valence-electron chi connectivity index (χ3n) is 3.90. The summed E-state index contributed by atoms with van der Waals surface area (Å²) in [6.45, 7) is 7.10. The molecule has 2 aromatic rings. The van der Waals surface area contributed by atoms with Crippen LogP contribution in [0.4, 0.5) is 5.82 Å². The first-order chi connectivity index (χ1) is 12.3. The second-order valence-electron chi connectivity index (χ2n) is 6.65. The number of pyridine rings is 1. The van der Waals surface area contributed by atoms with E-state index in [1.165, 1.54) is 0 Å². The molecule has 0 aromatic carbocycles. The van der Waals surface area contributed by atoms with E-state index in [4.69, 9.17) is 4.42 Å². The molecule has 27 heavy (non-hydrogen) atoms. The van der Waals surface area contributed by atoms with Crippen LogP contribution in [0.15, 0.2) is 39.9 Å². The Bertz CT molecular complexity index is 743. The zero-order valence-corrected chi connectivity index (χ0v) is 18.9. The van der Waals surface area contributed by atoms with Crippen LogP contribution < -0.4 is 15.5 Å². The first kappa shape index (κ1) is 23.2. The van der Waals surface area contributed by atoms with Crippen molar-refractivity contribution in [3.8, 4) is 0 Å². The van der Waals surface area contributed by atoms with Crippen LogP contribution in [0.25, 0.3) is 0 Å². The topological polar surface area (TPSA) is 85.9 Å². The minimum atomic E-state index is -1.13. The van der Waals surface area contributed by atoms with Crippen LogP contribution >= 0.6 is 24.0 Å². The molecule has 0 aliphatic rings. The van der Waals surface area contributed by atoms with E-state index in [-0.39, 0.29) is 30.5 Å². The Morgan fingerprint density at radius 2 is 2.04 bits per heavy atom. The van der Waals surface area contributed by atoms with Gasteiger partial charge in [-0.2, -0.15) is 0 Å². The largest absolute Gasteiger partial charge is 0.463 e. The molecule has 2 rings (SSSR count). The fourth-order valence-corrected chi connectivity index (χ4v) is 2.38. The van der Waals surface area contributed by atoms with Crippen LogP contribution in [0.1, 0.15) is 30.9 Å². The molecule has 0 bridgehead atoms. The first-order valence-corrected chi connectivity index (χ1v) is 8.75. The number of aryl methyl sites for hydroxylation is 1. The summed E-state index contributed by atoms with van der Waals surface area (Å²) in [7, 11) is 3.92. The fourth-order valence-electron chi connectivity index (χ4n) is 2.38. The third-order valence-corrected chi connectivity index (χ3v) is 3.90. The number of aliphatic hydroxyl groups is 1. The van der Waals surface area contributed by atoms with Crippen molar-refractivity contribution < 1.29 is 9.52 Å². The van der Waals surface area contributed by atoms with Gasteiger partial charge in [0.2, 0.25) is 0 Å². The monoisotopic (exact) mass is 487 g/mol. The van der Waals surface area contributed by atoms with Gasteiger partial charge in [-0.25, -0.2) is 9.98 Å². The predicted molar refractivity (Wildman–Crippen MR) is 120 cm³/mol. The summed E-state index contributed by atoms with van der Waals surface area (Å²) in [6.07, 6.45) is 1.78. The van der Waals surface area contributed by atoms with Gasteiger partial charge in [-0.3, -0.25) is 0 Å². The average Bonchev–Trinajstić information content (AvgIpc) is 3.05. The molecule has 0 aliphatic carbocycles. The Labute approximate surface area is 178 Å². The predicted octanol–water partition coefficient (Wildman–Crippen LogP) is 2.63. The van der Waals surface area contributed by atoms with Gasteiger partial charge in [-0.15, -0.1) is 24.0 Å². The minimum absolute atomic E-state index is 0. The molecule has 1 unspecified atom stereocenters. The summed E-state index contributed by atoms with van der Waals surface area (Å²) < 4.78 is 5.54. The van der Waals surface area contributed by atoms with Crippen LogP contribution in [0.5, 0.6) is 0 Å². The Morgan fingerprint density at radius 3 is 2.63 bits per heavy atom. The standard InChI is InChI=1S/C19H29N5O2.HI/c1-6-20-18(22-12-15-9-10-21-17(11-15)24(4)5)23-13-19(3,25)16-8-7-14(2)26-16;/h7-11,25H,6,12-13H2,1-5H3,(H2,20,22,23);1H. The number of guanidine groups is 1. The van der Waals surface area contributed by atoms with Crippen molar-refractivity contribution >= 4 is 35.8 Å². The molecule has 0 saturated carbocycles. The van der Waals surface area contributed by atoms with E-state index in [9.17, 15) is 5.11 Å². The summed E-state index contributed by atoms with van der Waals surface area (Å²) in [4.78, 5) is 10.9. The zero-order valence-electron chi connectivity index (χ0n) is 16.6. The summed E-state index contributed by atoms with van der Waals surface area (Å²) in [6, 6.07) is 7.59. The van der Waals surface area contributed by atoms with E-state index in [1.54, 1.807) is 19.2 Å². The minimum Gasteiger partial charge on any atom is -0.463 e. The molecule has 7 nitrogen and oxygen atoms in total. The second-order valence-corrected chi connectivity index (χ2v) is 6.65. The molecule has 150 valence electrons. The van der Waals surface area contributed by atoms with Crippen LogP contribution in [0, 0.1) is 6.92 Å². The summed E-state index contributed by atoms with van der Waals surface area (Å²) >= 11 is 0. The molecular formula is C19H30IN5O2.